The Morgan fingerprint density at radius 2 is 2.08 bits per heavy atom. The average Bonchev–Trinajstić information content (AvgIpc) is 2.45. The highest BCUT2D eigenvalue weighted by atomic mass is 19.4. The highest BCUT2D eigenvalue weighted by Gasteiger charge is 2.41. The van der Waals surface area contributed by atoms with Gasteiger partial charge in [-0.15, -0.1) is 13.2 Å². The summed E-state index contributed by atoms with van der Waals surface area (Å²) in [6.45, 7) is -0.264. The summed E-state index contributed by atoms with van der Waals surface area (Å²) in [4.78, 5) is 1.42. The Balaban J connectivity index is 2.21. The van der Waals surface area contributed by atoms with E-state index < -0.39 is 6.30 Å². The molecule has 0 spiro atoms. The monoisotopic (exact) mass is 189 g/mol. The number of alkyl halides is 3. The molecule has 0 radical (unpaired) electrons. The van der Waals surface area contributed by atoms with Crippen LogP contribution in [0, 0.1) is 0 Å². The molecule has 0 saturated heterocycles. The fourth-order valence-electron chi connectivity index (χ4n) is 1.11. The van der Waals surface area contributed by atoms with Crippen LogP contribution >= 0.6 is 0 Å². The van der Waals surface area contributed by atoms with Gasteiger partial charge >= 0.3 is 6.30 Å². The smallest absolute Gasteiger partial charge is 0.312 e. The van der Waals surface area contributed by atoms with Gasteiger partial charge in [-0.05, 0) is 12.2 Å². The van der Waals surface area contributed by atoms with Gasteiger partial charge in [-0.2, -0.15) is 10.1 Å². The van der Waals surface area contributed by atoms with Gasteiger partial charge in [0.05, 0.1) is 0 Å². The fraction of sp³-hybridized carbons (Fsp3) is 0.286. The number of allylic oxidation sites excluding steroid dienone is 2. The second-order valence-corrected chi connectivity index (χ2v) is 2.64. The number of rotatable bonds is 0. The van der Waals surface area contributed by atoms with E-state index in [1.165, 1.54) is 11.0 Å². The highest BCUT2D eigenvalue weighted by molar-refractivity contribution is 5.95. The van der Waals surface area contributed by atoms with Crippen LogP contribution in [0.4, 0.5) is 13.2 Å². The molecule has 2 aliphatic heterocycles. The molecule has 2 rings (SSSR count). The van der Waals surface area contributed by atoms with Crippen LogP contribution in [0.3, 0.4) is 0 Å². The van der Waals surface area contributed by atoms with Crippen molar-refractivity contribution >= 4 is 5.84 Å². The quantitative estimate of drug-likeness (QED) is 0.537. The van der Waals surface area contributed by atoms with Crippen LogP contribution in [0.1, 0.15) is 0 Å². The zero-order valence-corrected chi connectivity index (χ0v) is 6.49. The standard InChI is InChI=1S/C7H6F3N3/c8-7(9,10)13-5-12-4-2-1-3-6(12)11-13/h1-4H,5H2. The minimum Gasteiger partial charge on any atom is -0.312 e. The Hall–Kier alpha value is -1.46. The maximum absolute atomic E-state index is 12.1. The lowest BCUT2D eigenvalue weighted by Crippen LogP contribution is -2.35. The first kappa shape index (κ1) is 8.15. The van der Waals surface area contributed by atoms with Crippen molar-refractivity contribution in [3.05, 3.63) is 24.4 Å². The average molecular weight is 189 g/mol. The molecule has 0 bridgehead atoms. The summed E-state index contributed by atoms with van der Waals surface area (Å²) in [6, 6.07) is 0. The number of amidine groups is 1. The third kappa shape index (κ3) is 1.39. The molecule has 0 unspecified atom stereocenters. The third-order valence-corrected chi connectivity index (χ3v) is 1.72. The van der Waals surface area contributed by atoms with E-state index in [1.54, 1.807) is 18.4 Å². The van der Waals surface area contributed by atoms with E-state index in [4.69, 9.17) is 0 Å². The first-order valence-corrected chi connectivity index (χ1v) is 3.62. The van der Waals surface area contributed by atoms with Gasteiger partial charge in [-0.25, -0.2) is 0 Å². The highest BCUT2D eigenvalue weighted by Crippen LogP contribution is 2.26. The Labute approximate surface area is 72.4 Å². The number of nitrogens with zero attached hydrogens (tertiary/aromatic N) is 3. The van der Waals surface area contributed by atoms with Crippen molar-refractivity contribution in [1.29, 1.82) is 0 Å². The van der Waals surface area contributed by atoms with Crippen molar-refractivity contribution in [2.24, 2.45) is 5.10 Å². The van der Waals surface area contributed by atoms with Crippen LogP contribution in [-0.4, -0.2) is 28.7 Å². The van der Waals surface area contributed by atoms with Crippen molar-refractivity contribution in [1.82, 2.24) is 9.91 Å². The van der Waals surface area contributed by atoms with Gasteiger partial charge in [0.15, 0.2) is 5.84 Å². The summed E-state index contributed by atoms with van der Waals surface area (Å²) >= 11 is 0. The Morgan fingerprint density at radius 3 is 2.69 bits per heavy atom. The van der Waals surface area contributed by atoms with Gasteiger partial charge < -0.3 is 4.90 Å². The number of hydrogen-bond acceptors (Lipinski definition) is 3. The molecule has 70 valence electrons. The minimum atomic E-state index is -4.40. The summed E-state index contributed by atoms with van der Waals surface area (Å²) in [5.74, 6) is 0.319. The molecule has 0 fully saturated rings. The largest absolute Gasteiger partial charge is 0.502 e. The lowest BCUT2D eigenvalue weighted by Gasteiger charge is -2.19. The van der Waals surface area contributed by atoms with E-state index in [9.17, 15) is 13.2 Å². The summed E-state index contributed by atoms with van der Waals surface area (Å²) < 4.78 is 36.4. The normalized spacial score (nSPS) is 20.7. The van der Waals surface area contributed by atoms with E-state index in [0.29, 0.717) is 5.84 Å². The van der Waals surface area contributed by atoms with Gasteiger partial charge in [0.1, 0.15) is 6.67 Å². The molecule has 2 heterocycles. The van der Waals surface area contributed by atoms with Crippen molar-refractivity contribution in [3.63, 3.8) is 0 Å². The van der Waals surface area contributed by atoms with Crippen LogP contribution in [0.5, 0.6) is 0 Å². The van der Waals surface area contributed by atoms with Crippen molar-refractivity contribution < 1.29 is 13.2 Å². The van der Waals surface area contributed by atoms with Gasteiger partial charge in [0, 0.05) is 6.20 Å². The molecule has 0 saturated carbocycles. The van der Waals surface area contributed by atoms with Crippen molar-refractivity contribution in [2.75, 3.05) is 6.67 Å². The summed E-state index contributed by atoms with van der Waals surface area (Å²) in [5.41, 5.74) is 0. The molecule has 3 nitrogen and oxygen atoms in total. The molecule has 0 aromatic rings. The van der Waals surface area contributed by atoms with Crippen LogP contribution in [0.25, 0.3) is 0 Å². The van der Waals surface area contributed by atoms with Gasteiger partial charge in [0.2, 0.25) is 0 Å². The lowest BCUT2D eigenvalue weighted by atomic mass is 10.3. The van der Waals surface area contributed by atoms with Crippen LogP contribution in [0.15, 0.2) is 29.5 Å². The predicted octanol–water partition coefficient (Wildman–Crippen LogP) is 1.48. The van der Waals surface area contributed by atoms with Crippen molar-refractivity contribution in [2.45, 2.75) is 6.30 Å². The molecular formula is C7H6F3N3. The Morgan fingerprint density at radius 1 is 1.31 bits per heavy atom. The van der Waals surface area contributed by atoms with E-state index in [2.05, 4.69) is 5.10 Å². The maximum Gasteiger partial charge on any atom is 0.502 e. The lowest BCUT2D eigenvalue weighted by molar-refractivity contribution is -0.246. The number of halogens is 3. The van der Waals surface area contributed by atoms with E-state index >= 15 is 0 Å². The summed E-state index contributed by atoms with van der Waals surface area (Å²) in [5, 5.41) is 3.49. The molecule has 0 aliphatic carbocycles. The minimum absolute atomic E-state index is 0.0995. The van der Waals surface area contributed by atoms with Gasteiger partial charge in [-0.3, -0.25) is 0 Å². The number of hydrazone groups is 1. The predicted molar refractivity (Wildman–Crippen MR) is 40.3 cm³/mol. The summed E-state index contributed by atoms with van der Waals surface area (Å²) in [7, 11) is 0. The molecule has 0 aromatic carbocycles. The van der Waals surface area contributed by atoms with Crippen LogP contribution in [-0.2, 0) is 0 Å². The first-order valence-electron chi connectivity index (χ1n) is 3.62. The fourth-order valence-corrected chi connectivity index (χ4v) is 1.11. The van der Waals surface area contributed by atoms with Crippen LogP contribution in [0.2, 0.25) is 0 Å². The molecule has 0 aromatic heterocycles. The zero-order chi connectivity index (χ0) is 9.47. The SMILES string of the molecule is FC(F)(F)N1CN2C=CC=CC2=N1. The van der Waals surface area contributed by atoms with E-state index in [-0.39, 0.29) is 11.7 Å². The van der Waals surface area contributed by atoms with Crippen molar-refractivity contribution in [3.8, 4) is 0 Å². The zero-order valence-electron chi connectivity index (χ0n) is 6.49. The summed E-state index contributed by atoms with van der Waals surface area (Å²) in [6.07, 6.45) is 2.01. The molecule has 13 heavy (non-hydrogen) atoms. The van der Waals surface area contributed by atoms with Gasteiger partial charge in [-0.1, -0.05) is 6.08 Å². The van der Waals surface area contributed by atoms with Gasteiger partial charge in [0.25, 0.3) is 0 Å². The van der Waals surface area contributed by atoms with E-state index in [0.717, 1.165) is 0 Å². The third-order valence-electron chi connectivity index (χ3n) is 1.72. The molecular weight excluding hydrogens is 183 g/mol. The second kappa shape index (κ2) is 2.51. The number of hydrogen-bond donors (Lipinski definition) is 0. The molecule has 0 amide bonds. The Kier molecular flexibility index (Phi) is 1.58. The van der Waals surface area contributed by atoms with Crippen LogP contribution < -0.4 is 0 Å². The Bertz CT molecular complexity index is 303. The molecule has 6 heteroatoms. The molecule has 0 N–H and O–H groups in total. The topological polar surface area (TPSA) is 18.8 Å². The number of fused-ring (bicyclic) bond motifs is 1. The molecule has 2 aliphatic rings. The second-order valence-electron chi connectivity index (χ2n) is 2.64. The maximum atomic E-state index is 12.1. The van der Waals surface area contributed by atoms with E-state index in [1.807, 2.05) is 0 Å². The molecule has 0 atom stereocenters. The first-order chi connectivity index (χ1) is 6.07.